The number of carbonyl (C=O) groups excluding carboxylic acids is 1. The lowest BCUT2D eigenvalue weighted by atomic mass is 9.99. The average molecular weight is 412 g/mol. The summed E-state index contributed by atoms with van der Waals surface area (Å²) >= 11 is 1.45. The summed E-state index contributed by atoms with van der Waals surface area (Å²) in [5.41, 5.74) is 1.46. The number of nitrogens with one attached hydrogen (secondary N) is 2. The number of likely N-dealkylation sites (tertiary alicyclic amines) is 1. The van der Waals surface area contributed by atoms with Crippen molar-refractivity contribution < 1.29 is 4.79 Å². The zero-order valence-electron chi connectivity index (χ0n) is 16.5. The highest BCUT2D eigenvalue weighted by Gasteiger charge is 2.17. The summed E-state index contributed by atoms with van der Waals surface area (Å²) < 4.78 is 0. The Hall–Kier alpha value is -2.58. The zero-order chi connectivity index (χ0) is 20.2. The number of carbonyl (C=O) groups is 1. The van der Waals surface area contributed by atoms with Crippen LogP contribution in [0.4, 0.5) is 5.13 Å². The Morgan fingerprint density at radius 2 is 2.07 bits per heavy atom. The molecule has 152 valence electrons. The Balaban J connectivity index is 1.30. The molecule has 1 aromatic carbocycles. The van der Waals surface area contributed by atoms with Crippen molar-refractivity contribution in [2.75, 3.05) is 18.4 Å². The summed E-state index contributed by atoms with van der Waals surface area (Å²) in [4.78, 5) is 38.6. The predicted molar refractivity (Wildman–Crippen MR) is 115 cm³/mol. The first kappa shape index (κ1) is 19.7. The molecule has 3 heterocycles. The van der Waals surface area contributed by atoms with E-state index in [-0.39, 0.29) is 17.9 Å². The largest absolute Gasteiger partial charge is 0.310 e. The number of para-hydroxylation sites is 1. The van der Waals surface area contributed by atoms with Crippen molar-refractivity contribution in [3.63, 3.8) is 0 Å². The van der Waals surface area contributed by atoms with Gasteiger partial charge in [-0.25, -0.2) is 9.97 Å². The van der Waals surface area contributed by atoms with Gasteiger partial charge in [0.2, 0.25) is 5.91 Å². The number of fused-ring (bicyclic) bond motifs is 1. The number of H-pyrrole nitrogens is 1. The van der Waals surface area contributed by atoms with E-state index in [0.717, 1.165) is 31.2 Å². The van der Waals surface area contributed by atoms with Gasteiger partial charge in [-0.15, -0.1) is 11.3 Å². The standard InChI is InChI=1S/C21H25N5O2S/c1-14-8-10-26(11-9-14)12-15-13-29-21(22-15)25-19(27)7-6-18-23-17-5-3-2-4-16(17)20(28)24-18/h2-5,13-14H,6-12H2,1H3,(H,22,25,27)(H,23,24,28). The molecule has 4 rings (SSSR count). The first-order chi connectivity index (χ1) is 14.1. The molecule has 0 unspecified atom stereocenters. The number of hydrogen-bond donors (Lipinski definition) is 2. The summed E-state index contributed by atoms with van der Waals surface area (Å²) in [7, 11) is 0. The van der Waals surface area contributed by atoms with Crippen molar-refractivity contribution in [1.29, 1.82) is 0 Å². The number of nitrogens with zero attached hydrogens (tertiary/aromatic N) is 3. The molecule has 29 heavy (non-hydrogen) atoms. The lowest BCUT2D eigenvalue weighted by Crippen LogP contribution is -2.32. The number of hydrogen-bond acceptors (Lipinski definition) is 6. The van der Waals surface area contributed by atoms with Crippen molar-refractivity contribution in [3.05, 3.63) is 51.5 Å². The first-order valence-electron chi connectivity index (χ1n) is 10.0. The Morgan fingerprint density at radius 3 is 2.90 bits per heavy atom. The monoisotopic (exact) mass is 411 g/mol. The fourth-order valence-electron chi connectivity index (χ4n) is 3.55. The van der Waals surface area contributed by atoms with Crippen LogP contribution in [0.3, 0.4) is 0 Å². The van der Waals surface area contributed by atoms with E-state index in [1.807, 2.05) is 11.4 Å². The van der Waals surface area contributed by atoms with Gasteiger partial charge in [-0.3, -0.25) is 14.5 Å². The molecule has 7 nitrogen and oxygen atoms in total. The summed E-state index contributed by atoms with van der Waals surface area (Å²) in [6.45, 7) is 5.35. The molecular weight excluding hydrogens is 386 g/mol. The van der Waals surface area contributed by atoms with Crippen molar-refractivity contribution in [2.24, 2.45) is 5.92 Å². The summed E-state index contributed by atoms with van der Waals surface area (Å²) in [5.74, 6) is 1.19. The number of aromatic nitrogens is 3. The highest BCUT2D eigenvalue weighted by molar-refractivity contribution is 7.13. The lowest BCUT2D eigenvalue weighted by molar-refractivity contribution is -0.116. The van der Waals surface area contributed by atoms with Gasteiger partial charge in [-0.1, -0.05) is 19.1 Å². The molecule has 0 atom stereocenters. The second-order valence-electron chi connectivity index (χ2n) is 7.68. The Morgan fingerprint density at radius 1 is 1.28 bits per heavy atom. The van der Waals surface area contributed by atoms with Crippen LogP contribution in [0.15, 0.2) is 34.4 Å². The Bertz CT molecular complexity index is 1050. The van der Waals surface area contributed by atoms with Crippen LogP contribution in [-0.4, -0.2) is 38.8 Å². The Labute approximate surface area is 173 Å². The maximum Gasteiger partial charge on any atom is 0.258 e. The second-order valence-corrected chi connectivity index (χ2v) is 8.54. The predicted octanol–water partition coefficient (Wildman–Crippen LogP) is 3.18. The third-order valence-corrected chi connectivity index (χ3v) is 6.12. The average Bonchev–Trinajstić information content (AvgIpc) is 3.15. The van der Waals surface area contributed by atoms with Gasteiger partial charge >= 0.3 is 0 Å². The molecule has 3 aromatic rings. The maximum absolute atomic E-state index is 12.3. The second kappa shape index (κ2) is 8.84. The molecular formula is C21H25N5O2S. The normalized spacial score (nSPS) is 15.6. The number of aromatic amines is 1. The molecule has 0 bridgehead atoms. The Kier molecular flexibility index (Phi) is 6.01. The van der Waals surface area contributed by atoms with Gasteiger partial charge < -0.3 is 10.3 Å². The van der Waals surface area contributed by atoms with E-state index in [9.17, 15) is 9.59 Å². The molecule has 0 radical (unpaired) electrons. The molecule has 0 saturated carbocycles. The van der Waals surface area contributed by atoms with Crippen molar-refractivity contribution >= 4 is 33.3 Å². The number of rotatable bonds is 6. The van der Waals surface area contributed by atoms with Crippen LogP contribution < -0.4 is 10.9 Å². The SMILES string of the molecule is CC1CCN(Cc2csc(NC(=O)CCc3nc4ccccc4c(=O)[nH]3)n2)CC1. The molecule has 2 aromatic heterocycles. The van der Waals surface area contributed by atoms with Gasteiger partial charge in [0.05, 0.1) is 16.6 Å². The van der Waals surface area contributed by atoms with Crippen LogP contribution in [0.2, 0.25) is 0 Å². The molecule has 0 aliphatic carbocycles. The number of amides is 1. The molecule has 2 N–H and O–H groups in total. The van der Waals surface area contributed by atoms with Crippen molar-refractivity contribution in [2.45, 2.75) is 39.2 Å². The fraction of sp³-hybridized carbons (Fsp3) is 0.429. The molecule has 0 spiro atoms. The summed E-state index contributed by atoms with van der Waals surface area (Å²) in [6.07, 6.45) is 3.08. The van der Waals surface area contributed by atoms with E-state index in [2.05, 4.69) is 32.1 Å². The minimum absolute atomic E-state index is 0.131. The van der Waals surface area contributed by atoms with E-state index >= 15 is 0 Å². The van der Waals surface area contributed by atoms with E-state index in [0.29, 0.717) is 28.3 Å². The van der Waals surface area contributed by atoms with Crippen molar-refractivity contribution in [3.8, 4) is 0 Å². The van der Waals surface area contributed by atoms with Gasteiger partial charge in [0.1, 0.15) is 5.82 Å². The van der Waals surface area contributed by atoms with Gasteiger partial charge in [0.25, 0.3) is 5.56 Å². The molecule has 1 saturated heterocycles. The molecule has 1 amide bonds. The molecule has 1 fully saturated rings. The quantitative estimate of drug-likeness (QED) is 0.650. The van der Waals surface area contributed by atoms with Crippen LogP contribution >= 0.6 is 11.3 Å². The van der Waals surface area contributed by atoms with Gasteiger partial charge in [0.15, 0.2) is 5.13 Å². The van der Waals surface area contributed by atoms with Gasteiger partial charge in [-0.2, -0.15) is 0 Å². The maximum atomic E-state index is 12.3. The summed E-state index contributed by atoms with van der Waals surface area (Å²) in [5, 5.41) is 6.04. The molecule has 8 heteroatoms. The van der Waals surface area contributed by atoms with Crippen LogP contribution in [0, 0.1) is 5.92 Å². The smallest absolute Gasteiger partial charge is 0.258 e. The van der Waals surface area contributed by atoms with Gasteiger partial charge in [-0.05, 0) is 44.0 Å². The third kappa shape index (κ3) is 5.07. The van der Waals surface area contributed by atoms with Crippen LogP contribution in [-0.2, 0) is 17.8 Å². The first-order valence-corrected chi connectivity index (χ1v) is 10.9. The van der Waals surface area contributed by atoms with E-state index in [1.54, 1.807) is 18.2 Å². The number of benzene rings is 1. The highest BCUT2D eigenvalue weighted by atomic mass is 32.1. The number of piperidine rings is 1. The van der Waals surface area contributed by atoms with Crippen molar-refractivity contribution in [1.82, 2.24) is 19.9 Å². The minimum atomic E-state index is -0.178. The number of thiazole rings is 1. The summed E-state index contributed by atoms with van der Waals surface area (Å²) in [6, 6.07) is 7.19. The van der Waals surface area contributed by atoms with E-state index < -0.39 is 0 Å². The minimum Gasteiger partial charge on any atom is -0.310 e. The lowest BCUT2D eigenvalue weighted by Gasteiger charge is -2.29. The molecule has 1 aliphatic heterocycles. The van der Waals surface area contributed by atoms with E-state index in [4.69, 9.17) is 0 Å². The zero-order valence-corrected chi connectivity index (χ0v) is 17.3. The van der Waals surface area contributed by atoms with E-state index in [1.165, 1.54) is 24.2 Å². The third-order valence-electron chi connectivity index (χ3n) is 5.31. The van der Waals surface area contributed by atoms with Crippen LogP contribution in [0.1, 0.15) is 37.7 Å². The van der Waals surface area contributed by atoms with Crippen LogP contribution in [0.25, 0.3) is 10.9 Å². The van der Waals surface area contributed by atoms with Gasteiger partial charge in [0, 0.05) is 24.8 Å². The highest BCUT2D eigenvalue weighted by Crippen LogP contribution is 2.21. The fourth-order valence-corrected chi connectivity index (χ4v) is 4.27. The number of anilines is 1. The topological polar surface area (TPSA) is 91.0 Å². The molecule has 1 aliphatic rings. The van der Waals surface area contributed by atoms with Crippen LogP contribution in [0.5, 0.6) is 0 Å². The number of aryl methyl sites for hydroxylation is 1.